The maximum Gasteiger partial charge on any atom is 0.451 e. The fourth-order valence-electron chi connectivity index (χ4n) is 5.86. The van der Waals surface area contributed by atoms with Gasteiger partial charge in [-0.1, -0.05) is 0 Å². The first-order chi connectivity index (χ1) is 19.8. The van der Waals surface area contributed by atoms with E-state index in [1.165, 1.54) is 12.4 Å². The third-order valence-electron chi connectivity index (χ3n) is 7.92. The van der Waals surface area contributed by atoms with Crippen LogP contribution in [-0.2, 0) is 18.1 Å². The quantitative estimate of drug-likeness (QED) is 0.327. The van der Waals surface area contributed by atoms with Gasteiger partial charge in [0.15, 0.2) is 0 Å². The number of rotatable bonds is 8. The molecule has 2 fully saturated rings. The van der Waals surface area contributed by atoms with E-state index < -0.39 is 17.5 Å². The largest absolute Gasteiger partial charge is 0.474 e. The molecule has 0 amide bonds. The van der Waals surface area contributed by atoms with Gasteiger partial charge in [0, 0.05) is 61.6 Å². The fraction of sp³-hybridized carbons (Fsp3) is 0.481. The summed E-state index contributed by atoms with van der Waals surface area (Å²) in [6, 6.07) is 5.89. The van der Waals surface area contributed by atoms with Crippen molar-refractivity contribution in [3.63, 3.8) is 0 Å². The molecule has 4 aromatic rings. The summed E-state index contributed by atoms with van der Waals surface area (Å²) in [5, 5.41) is 24.3. The van der Waals surface area contributed by atoms with Crippen LogP contribution in [0.2, 0.25) is 0 Å². The molecule has 0 unspecified atom stereocenters. The van der Waals surface area contributed by atoms with Crippen LogP contribution in [0.25, 0.3) is 22.3 Å². The molecule has 1 aliphatic carbocycles. The number of alkyl halides is 3. The summed E-state index contributed by atoms with van der Waals surface area (Å²) in [6.45, 7) is 1.03. The maximum absolute atomic E-state index is 13.2. The van der Waals surface area contributed by atoms with Gasteiger partial charge in [0.2, 0.25) is 11.7 Å². The summed E-state index contributed by atoms with van der Waals surface area (Å²) >= 11 is 0. The van der Waals surface area contributed by atoms with E-state index in [4.69, 9.17) is 9.84 Å². The van der Waals surface area contributed by atoms with Crippen LogP contribution >= 0.6 is 0 Å². The standard InChI is InChI=1S/C27H28F3N9O2/c28-27(29,30)25-36-18(6-10-40)11-22(37-25)41-20-3-1-19(2-4-20)38-14-26(15-38,7-8-31)39-13-17(12-35-39)23-21-5-9-32-24(21)34-16-33-23/h5,9,11-13,16,19-20,40H,1-4,6-7,10,14-15H2,(H,32,33,34). The first-order valence-corrected chi connectivity index (χ1v) is 13.5. The third kappa shape index (κ3) is 5.34. The van der Waals surface area contributed by atoms with Crippen molar-refractivity contribution < 1.29 is 23.0 Å². The third-order valence-corrected chi connectivity index (χ3v) is 7.92. The molecule has 1 saturated carbocycles. The molecule has 0 radical (unpaired) electrons. The Kier molecular flexibility index (Phi) is 7.08. The van der Waals surface area contributed by atoms with Crippen LogP contribution < -0.4 is 4.74 Å². The predicted octanol–water partition coefficient (Wildman–Crippen LogP) is 3.48. The van der Waals surface area contributed by atoms with Gasteiger partial charge in [-0.3, -0.25) is 9.58 Å². The van der Waals surface area contributed by atoms with Crippen molar-refractivity contribution in [1.82, 2.24) is 39.6 Å². The second kappa shape index (κ2) is 10.7. The van der Waals surface area contributed by atoms with Gasteiger partial charge in [-0.15, -0.1) is 0 Å². The number of hydrogen-bond donors (Lipinski definition) is 2. The van der Waals surface area contributed by atoms with Gasteiger partial charge in [-0.25, -0.2) is 15.0 Å². The summed E-state index contributed by atoms with van der Waals surface area (Å²) in [7, 11) is 0. The zero-order chi connectivity index (χ0) is 28.6. The lowest BCUT2D eigenvalue weighted by Gasteiger charge is -2.53. The molecule has 1 aliphatic heterocycles. The molecule has 4 aromatic heterocycles. The van der Waals surface area contributed by atoms with Crippen molar-refractivity contribution in [2.24, 2.45) is 0 Å². The van der Waals surface area contributed by atoms with Crippen LogP contribution in [0, 0.1) is 11.3 Å². The summed E-state index contributed by atoms with van der Waals surface area (Å²) in [5.74, 6) is -1.38. The van der Waals surface area contributed by atoms with Gasteiger partial charge in [0.05, 0.1) is 30.1 Å². The van der Waals surface area contributed by atoms with Crippen molar-refractivity contribution in [2.75, 3.05) is 19.7 Å². The summed E-state index contributed by atoms with van der Waals surface area (Å²) in [4.78, 5) is 21.2. The first-order valence-electron chi connectivity index (χ1n) is 13.5. The van der Waals surface area contributed by atoms with Crippen LogP contribution in [-0.4, -0.2) is 76.5 Å². The highest BCUT2D eigenvalue weighted by Crippen LogP contribution is 2.39. The van der Waals surface area contributed by atoms with E-state index in [2.05, 4.69) is 41.0 Å². The maximum atomic E-state index is 13.2. The Balaban J connectivity index is 1.09. The molecule has 1 saturated heterocycles. The lowest BCUT2D eigenvalue weighted by molar-refractivity contribution is -0.145. The second-order valence-electron chi connectivity index (χ2n) is 10.6. The number of nitrogens with zero attached hydrogens (tertiary/aromatic N) is 8. The average Bonchev–Trinajstić information content (AvgIpc) is 3.61. The van der Waals surface area contributed by atoms with Crippen molar-refractivity contribution in [1.29, 1.82) is 5.26 Å². The van der Waals surface area contributed by atoms with E-state index in [0.29, 0.717) is 32.4 Å². The molecule has 11 nitrogen and oxygen atoms in total. The molecule has 0 aromatic carbocycles. The minimum absolute atomic E-state index is 0.0125. The molecule has 6 rings (SSSR count). The van der Waals surface area contributed by atoms with Gasteiger partial charge in [0.25, 0.3) is 0 Å². The Morgan fingerprint density at radius 3 is 2.71 bits per heavy atom. The van der Waals surface area contributed by atoms with E-state index >= 15 is 0 Å². The van der Waals surface area contributed by atoms with Crippen LogP contribution in [0.15, 0.2) is 37.1 Å². The number of hydrogen-bond acceptors (Lipinski definition) is 9. The molecule has 0 spiro atoms. The highest BCUT2D eigenvalue weighted by molar-refractivity contribution is 5.90. The number of nitriles is 1. The normalized spacial score (nSPS) is 21.0. The number of nitrogens with one attached hydrogen (secondary N) is 1. The number of aliphatic hydroxyl groups excluding tert-OH is 1. The fourth-order valence-corrected chi connectivity index (χ4v) is 5.86. The number of aromatic amines is 1. The molecule has 2 N–H and O–H groups in total. The van der Waals surface area contributed by atoms with Gasteiger partial charge in [-0.05, 0) is 31.7 Å². The molecular weight excluding hydrogens is 539 g/mol. The van der Waals surface area contributed by atoms with Crippen LogP contribution in [0.1, 0.15) is 43.6 Å². The molecule has 14 heteroatoms. The predicted molar refractivity (Wildman–Crippen MR) is 139 cm³/mol. The molecule has 41 heavy (non-hydrogen) atoms. The minimum Gasteiger partial charge on any atom is -0.474 e. The topological polar surface area (TPSA) is 142 Å². The number of ether oxygens (including phenoxy) is 1. The minimum atomic E-state index is -4.70. The van der Waals surface area contributed by atoms with E-state index in [0.717, 1.165) is 35.1 Å². The molecule has 2 aliphatic rings. The highest BCUT2D eigenvalue weighted by atomic mass is 19.4. The van der Waals surface area contributed by atoms with E-state index in [-0.39, 0.29) is 36.7 Å². The number of aromatic nitrogens is 7. The zero-order valence-corrected chi connectivity index (χ0v) is 22.0. The van der Waals surface area contributed by atoms with Gasteiger partial charge < -0.3 is 14.8 Å². The lowest BCUT2D eigenvalue weighted by Crippen LogP contribution is -2.65. The number of fused-ring (bicyclic) bond motifs is 1. The molecule has 214 valence electrons. The van der Waals surface area contributed by atoms with Crippen LogP contribution in [0.4, 0.5) is 13.2 Å². The number of H-pyrrole nitrogens is 1. The van der Waals surface area contributed by atoms with Gasteiger partial charge in [0.1, 0.15) is 23.6 Å². The Bertz CT molecular complexity index is 1560. The smallest absolute Gasteiger partial charge is 0.451 e. The summed E-state index contributed by atoms with van der Waals surface area (Å²) in [6.07, 6.45) is 5.33. The van der Waals surface area contributed by atoms with E-state index in [9.17, 15) is 18.4 Å². The van der Waals surface area contributed by atoms with Crippen molar-refractivity contribution in [3.05, 3.63) is 48.6 Å². The summed E-state index contributed by atoms with van der Waals surface area (Å²) < 4.78 is 47.5. The van der Waals surface area contributed by atoms with Gasteiger partial charge >= 0.3 is 6.18 Å². The van der Waals surface area contributed by atoms with E-state index in [1.807, 2.05) is 23.1 Å². The number of aliphatic hydroxyl groups is 1. The van der Waals surface area contributed by atoms with E-state index in [1.54, 1.807) is 6.20 Å². The Hall–Kier alpha value is -4.09. The first kappa shape index (κ1) is 27.1. The Morgan fingerprint density at radius 2 is 1.98 bits per heavy atom. The second-order valence-corrected chi connectivity index (χ2v) is 10.6. The number of likely N-dealkylation sites (tertiary alicyclic amines) is 1. The van der Waals surface area contributed by atoms with Gasteiger partial charge in [-0.2, -0.15) is 28.5 Å². The SMILES string of the molecule is N#CCC1(n2cc(-c3ncnc4[nH]ccc34)cn2)CN(C2CCC(Oc3cc(CCO)nc(C(F)(F)F)n3)CC2)C1. The highest BCUT2D eigenvalue weighted by Gasteiger charge is 2.48. The Morgan fingerprint density at radius 1 is 1.17 bits per heavy atom. The van der Waals surface area contributed by atoms with Crippen LogP contribution in [0.5, 0.6) is 5.88 Å². The molecule has 0 atom stereocenters. The van der Waals surface area contributed by atoms with Crippen molar-refractivity contribution >= 4 is 11.0 Å². The molecule has 5 heterocycles. The van der Waals surface area contributed by atoms with Crippen molar-refractivity contribution in [2.45, 2.75) is 62.4 Å². The Labute approximate surface area is 233 Å². The lowest BCUT2D eigenvalue weighted by atomic mass is 9.82. The summed E-state index contributed by atoms with van der Waals surface area (Å²) in [5.41, 5.74) is 2.02. The number of halogens is 3. The van der Waals surface area contributed by atoms with Crippen LogP contribution in [0.3, 0.4) is 0 Å². The van der Waals surface area contributed by atoms with Crippen molar-refractivity contribution in [3.8, 4) is 23.2 Å². The monoisotopic (exact) mass is 567 g/mol. The average molecular weight is 568 g/mol. The molecule has 0 bridgehead atoms. The zero-order valence-electron chi connectivity index (χ0n) is 22.0. The molecular formula is C27H28F3N9O2.